The predicted molar refractivity (Wildman–Crippen MR) is 147 cm³/mol. The van der Waals surface area contributed by atoms with Gasteiger partial charge in [-0.3, -0.25) is 9.36 Å². The fraction of sp³-hybridized carbons (Fsp3) is 0.0800. The average molecular weight is 617 g/mol. The molecule has 0 saturated heterocycles. The Balaban J connectivity index is 1.54. The minimum Gasteiger partial charge on any atom is -0.354 e. The van der Waals surface area contributed by atoms with Crippen LogP contribution in [-0.2, 0) is 6.54 Å². The van der Waals surface area contributed by atoms with E-state index in [1.54, 1.807) is 10.6 Å². The lowest BCUT2D eigenvalue weighted by molar-refractivity contribution is 0.837. The third-order valence-electron chi connectivity index (χ3n) is 5.29. The first-order valence-electron chi connectivity index (χ1n) is 10.3. The standard InChI is InChI=1S/C25H17Br2ClN4OS/c1-14-2-8-18(9-3-14)32-22(31-23-19(24(32)33)10-16(26)11-20(23)27)12-29-25-30-21(13-34-25)15-4-6-17(28)7-5-15/h2-11,13H,12H2,1H3,(H,29,30). The number of anilines is 1. The Bertz CT molecular complexity index is 1560. The molecule has 2 aromatic heterocycles. The summed E-state index contributed by atoms with van der Waals surface area (Å²) in [5.74, 6) is 0.590. The van der Waals surface area contributed by atoms with Crippen molar-refractivity contribution in [3.63, 3.8) is 0 Å². The summed E-state index contributed by atoms with van der Waals surface area (Å²) < 4.78 is 3.22. The number of aryl methyl sites for hydroxylation is 1. The molecule has 0 aliphatic rings. The van der Waals surface area contributed by atoms with E-state index >= 15 is 0 Å². The van der Waals surface area contributed by atoms with Gasteiger partial charge in [-0.1, -0.05) is 57.4 Å². The minimum absolute atomic E-state index is 0.131. The van der Waals surface area contributed by atoms with E-state index in [2.05, 4.69) is 42.2 Å². The van der Waals surface area contributed by atoms with Crippen molar-refractivity contribution in [1.82, 2.24) is 14.5 Å². The lowest BCUT2D eigenvalue weighted by atomic mass is 10.2. The highest BCUT2D eigenvalue weighted by Gasteiger charge is 2.16. The quantitative estimate of drug-likeness (QED) is 0.221. The number of nitrogens with one attached hydrogen (secondary N) is 1. The Morgan fingerprint density at radius 3 is 2.50 bits per heavy atom. The molecule has 1 N–H and O–H groups in total. The molecule has 170 valence electrons. The highest BCUT2D eigenvalue weighted by atomic mass is 79.9. The number of thiazole rings is 1. The molecule has 5 nitrogen and oxygen atoms in total. The van der Waals surface area contributed by atoms with E-state index in [4.69, 9.17) is 16.6 Å². The monoisotopic (exact) mass is 614 g/mol. The summed E-state index contributed by atoms with van der Waals surface area (Å²) in [5, 5.41) is 7.29. The smallest absolute Gasteiger partial charge is 0.266 e. The van der Waals surface area contributed by atoms with Gasteiger partial charge in [-0.05, 0) is 59.3 Å². The SMILES string of the molecule is Cc1ccc(-n2c(CNc3nc(-c4ccc(Cl)cc4)cs3)nc3c(Br)cc(Br)cc3c2=O)cc1. The molecule has 2 heterocycles. The zero-order valence-corrected chi connectivity index (χ0v) is 22.6. The third kappa shape index (κ3) is 4.68. The molecule has 5 rings (SSSR count). The van der Waals surface area contributed by atoms with Crippen LogP contribution in [0.1, 0.15) is 11.4 Å². The summed E-state index contributed by atoms with van der Waals surface area (Å²) in [4.78, 5) is 23.1. The molecule has 0 radical (unpaired) electrons. The second-order valence-corrected chi connectivity index (χ2v) is 10.8. The Morgan fingerprint density at radius 2 is 1.76 bits per heavy atom. The van der Waals surface area contributed by atoms with Crippen LogP contribution in [-0.4, -0.2) is 14.5 Å². The van der Waals surface area contributed by atoms with Gasteiger partial charge < -0.3 is 5.32 Å². The van der Waals surface area contributed by atoms with Crippen molar-refractivity contribution in [3.05, 3.63) is 102 Å². The van der Waals surface area contributed by atoms with Crippen LogP contribution in [0, 0.1) is 6.92 Å². The molecule has 5 aromatic rings. The Labute approximate surface area is 221 Å². The van der Waals surface area contributed by atoms with Gasteiger partial charge >= 0.3 is 0 Å². The van der Waals surface area contributed by atoms with Crippen LogP contribution in [0.3, 0.4) is 0 Å². The van der Waals surface area contributed by atoms with Crippen molar-refractivity contribution in [2.24, 2.45) is 0 Å². The van der Waals surface area contributed by atoms with Crippen LogP contribution in [0.25, 0.3) is 27.8 Å². The maximum Gasteiger partial charge on any atom is 0.266 e. The average Bonchev–Trinajstić information content (AvgIpc) is 3.29. The Morgan fingerprint density at radius 1 is 1.03 bits per heavy atom. The van der Waals surface area contributed by atoms with E-state index in [9.17, 15) is 4.79 Å². The largest absolute Gasteiger partial charge is 0.354 e. The van der Waals surface area contributed by atoms with E-state index in [1.807, 2.05) is 66.9 Å². The maximum atomic E-state index is 13.6. The molecule has 0 aliphatic carbocycles. The molecule has 0 atom stereocenters. The fourth-order valence-electron chi connectivity index (χ4n) is 3.60. The van der Waals surface area contributed by atoms with Gasteiger partial charge in [-0.2, -0.15) is 0 Å². The highest BCUT2D eigenvalue weighted by Crippen LogP contribution is 2.28. The summed E-state index contributed by atoms with van der Waals surface area (Å²) in [7, 11) is 0. The van der Waals surface area contributed by atoms with Crippen LogP contribution in [0.5, 0.6) is 0 Å². The van der Waals surface area contributed by atoms with Crippen LogP contribution in [0.2, 0.25) is 5.02 Å². The Kier molecular flexibility index (Phi) is 6.57. The number of halogens is 3. The number of hydrogen-bond donors (Lipinski definition) is 1. The van der Waals surface area contributed by atoms with Crippen molar-refractivity contribution >= 4 is 70.8 Å². The predicted octanol–water partition coefficient (Wildman–Crippen LogP) is 7.61. The fourth-order valence-corrected chi connectivity index (χ4v) is 5.76. The molecule has 0 amide bonds. The van der Waals surface area contributed by atoms with Crippen molar-refractivity contribution in [2.45, 2.75) is 13.5 Å². The first-order chi connectivity index (χ1) is 16.4. The van der Waals surface area contributed by atoms with Gasteiger partial charge in [-0.15, -0.1) is 11.3 Å². The molecule has 0 unspecified atom stereocenters. The van der Waals surface area contributed by atoms with Crippen molar-refractivity contribution < 1.29 is 0 Å². The Hall–Kier alpha value is -2.52. The second-order valence-electron chi connectivity index (χ2n) is 7.69. The number of hydrogen-bond acceptors (Lipinski definition) is 5. The molecule has 0 bridgehead atoms. The molecule has 3 aromatic carbocycles. The number of fused-ring (bicyclic) bond motifs is 1. The van der Waals surface area contributed by atoms with E-state index in [0.717, 1.165) is 36.6 Å². The second kappa shape index (κ2) is 9.62. The first-order valence-corrected chi connectivity index (χ1v) is 13.2. The van der Waals surface area contributed by atoms with Gasteiger partial charge in [0, 0.05) is 24.9 Å². The minimum atomic E-state index is -0.131. The summed E-state index contributed by atoms with van der Waals surface area (Å²) in [6.07, 6.45) is 0. The zero-order valence-electron chi connectivity index (χ0n) is 17.8. The van der Waals surface area contributed by atoms with Crippen LogP contribution >= 0.6 is 54.8 Å². The van der Waals surface area contributed by atoms with Crippen molar-refractivity contribution in [2.75, 3.05) is 5.32 Å². The van der Waals surface area contributed by atoms with Gasteiger partial charge in [0.05, 0.1) is 28.8 Å². The molecule has 0 fully saturated rings. The first kappa shape index (κ1) is 23.2. The molecular weight excluding hydrogens is 600 g/mol. The number of nitrogens with zero attached hydrogens (tertiary/aromatic N) is 3. The molecule has 9 heteroatoms. The normalized spacial score (nSPS) is 11.2. The maximum absolute atomic E-state index is 13.6. The van der Waals surface area contributed by atoms with Gasteiger partial charge in [-0.25, -0.2) is 9.97 Å². The molecular formula is C25H17Br2ClN4OS. The summed E-state index contributed by atoms with van der Waals surface area (Å²) in [5.41, 5.74) is 4.22. The lowest BCUT2D eigenvalue weighted by Gasteiger charge is -2.15. The van der Waals surface area contributed by atoms with Gasteiger partial charge in [0.15, 0.2) is 5.13 Å². The zero-order chi connectivity index (χ0) is 23.8. The number of aromatic nitrogens is 3. The van der Waals surface area contributed by atoms with Crippen LogP contribution in [0.15, 0.2) is 79.8 Å². The molecule has 34 heavy (non-hydrogen) atoms. The third-order valence-corrected chi connectivity index (χ3v) is 7.41. The van der Waals surface area contributed by atoms with Gasteiger partial charge in [0.25, 0.3) is 5.56 Å². The highest BCUT2D eigenvalue weighted by molar-refractivity contribution is 9.11. The lowest BCUT2D eigenvalue weighted by Crippen LogP contribution is -2.25. The van der Waals surface area contributed by atoms with Crippen LogP contribution < -0.4 is 10.9 Å². The molecule has 0 aliphatic heterocycles. The number of rotatable bonds is 5. The van der Waals surface area contributed by atoms with Crippen molar-refractivity contribution in [3.8, 4) is 16.9 Å². The summed E-state index contributed by atoms with van der Waals surface area (Å²) in [6, 6.07) is 19.1. The summed E-state index contributed by atoms with van der Waals surface area (Å²) in [6.45, 7) is 2.34. The van der Waals surface area contributed by atoms with E-state index in [-0.39, 0.29) is 5.56 Å². The van der Waals surface area contributed by atoms with E-state index in [1.165, 1.54) is 11.3 Å². The van der Waals surface area contributed by atoms with Gasteiger partial charge in [0.1, 0.15) is 5.82 Å². The molecule has 0 saturated carbocycles. The van der Waals surface area contributed by atoms with Gasteiger partial charge in [0.2, 0.25) is 0 Å². The van der Waals surface area contributed by atoms with Crippen LogP contribution in [0.4, 0.5) is 5.13 Å². The summed E-state index contributed by atoms with van der Waals surface area (Å²) >= 11 is 14.5. The van der Waals surface area contributed by atoms with E-state index < -0.39 is 0 Å². The number of benzene rings is 3. The molecule has 0 spiro atoms. The van der Waals surface area contributed by atoms with Crippen molar-refractivity contribution in [1.29, 1.82) is 0 Å². The van der Waals surface area contributed by atoms with E-state index in [0.29, 0.717) is 28.3 Å². The topological polar surface area (TPSA) is 59.8 Å².